The van der Waals surface area contributed by atoms with Crippen LogP contribution in [0, 0.1) is 11.3 Å². The van der Waals surface area contributed by atoms with E-state index in [-0.39, 0.29) is 6.04 Å². The fourth-order valence-corrected chi connectivity index (χ4v) is 1.64. The second-order valence-electron chi connectivity index (χ2n) is 4.76. The molecule has 3 heteroatoms. The van der Waals surface area contributed by atoms with E-state index in [2.05, 4.69) is 19.2 Å². The molecule has 0 radical (unpaired) electrons. The fraction of sp³-hybridized carbons (Fsp3) is 1.00. The van der Waals surface area contributed by atoms with E-state index < -0.39 is 0 Å². The van der Waals surface area contributed by atoms with Crippen molar-refractivity contribution < 1.29 is 4.74 Å². The Bertz CT molecular complexity index is 159. The fourth-order valence-electron chi connectivity index (χ4n) is 1.64. The molecule has 78 valence electrons. The molecule has 2 atom stereocenters. The monoisotopic (exact) mass is 186 g/mol. The number of ether oxygens (including phenoxy) is 1. The first-order chi connectivity index (χ1) is 6.06. The average Bonchev–Trinajstić information content (AvgIpc) is 2.59. The zero-order valence-electron chi connectivity index (χ0n) is 8.97. The molecule has 1 aliphatic carbocycles. The van der Waals surface area contributed by atoms with E-state index in [1.165, 1.54) is 6.42 Å². The largest absolute Gasteiger partial charge is 0.383 e. The molecular formula is C10H22N2O. The average molecular weight is 186 g/mol. The molecule has 0 aromatic rings. The van der Waals surface area contributed by atoms with Crippen molar-refractivity contribution in [2.45, 2.75) is 26.3 Å². The van der Waals surface area contributed by atoms with Gasteiger partial charge in [-0.15, -0.1) is 0 Å². The zero-order valence-corrected chi connectivity index (χ0v) is 8.97. The van der Waals surface area contributed by atoms with Crippen LogP contribution in [0.1, 0.15) is 20.3 Å². The lowest BCUT2D eigenvalue weighted by molar-refractivity contribution is 0.179. The predicted molar refractivity (Wildman–Crippen MR) is 54.6 cm³/mol. The summed E-state index contributed by atoms with van der Waals surface area (Å²) in [6, 6.07) is 0.131. The molecule has 0 aromatic heterocycles. The van der Waals surface area contributed by atoms with Crippen molar-refractivity contribution in [3.05, 3.63) is 0 Å². The molecule has 3 N–H and O–H groups in total. The van der Waals surface area contributed by atoms with Gasteiger partial charge >= 0.3 is 0 Å². The molecule has 1 rings (SSSR count). The van der Waals surface area contributed by atoms with E-state index in [4.69, 9.17) is 10.5 Å². The quantitative estimate of drug-likeness (QED) is 0.638. The highest BCUT2D eigenvalue weighted by Gasteiger charge is 2.44. The van der Waals surface area contributed by atoms with Crippen molar-refractivity contribution in [2.24, 2.45) is 17.1 Å². The molecule has 0 bridgehead atoms. The van der Waals surface area contributed by atoms with Crippen LogP contribution in [0.25, 0.3) is 0 Å². The van der Waals surface area contributed by atoms with Crippen LogP contribution in [0.4, 0.5) is 0 Å². The van der Waals surface area contributed by atoms with E-state index >= 15 is 0 Å². The highest BCUT2D eigenvalue weighted by Crippen LogP contribution is 2.50. The summed E-state index contributed by atoms with van der Waals surface area (Å²) in [5, 5.41) is 3.38. The van der Waals surface area contributed by atoms with Crippen molar-refractivity contribution >= 4 is 0 Å². The summed E-state index contributed by atoms with van der Waals surface area (Å²) in [4.78, 5) is 0. The van der Waals surface area contributed by atoms with Gasteiger partial charge in [-0.2, -0.15) is 0 Å². The minimum atomic E-state index is 0.131. The van der Waals surface area contributed by atoms with Gasteiger partial charge in [0.2, 0.25) is 0 Å². The van der Waals surface area contributed by atoms with Crippen LogP contribution < -0.4 is 11.1 Å². The number of nitrogens with one attached hydrogen (secondary N) is 1. The first-order valence-corrected chi connectivity index (χ1v) is 5.01. The molecule has 0 aliphatic heterocycles. The lowest BCUT2D eigenvalue weighted by atomic mass is 10.1. The van der Waals surface area contributed by atoms with Crippen LogP contribution in [0.15, 0.2) is 0 Å². The van der Waals surface area contributed by atoms with Crippen LogP contribution in [-0.4, -0.2) is 32.8 Å². The highest BCUT2D eigenvalue weighted by atomic mass is 16.5. The van der Waals surface area contributed by atoms with Gasteiger partial charge in [-0.3, -0.25) is 0 Å². The van der Waals surface area contributed by atoms with Gasteiger partial charge in [0.25, 0.3) is 0 Å². The Hall–Kier alpha value is -0.120. The molecule has 0 saturated heterocycles. The normalized spacial score (nSPS) is 27.2. The van der Waals surface area contributed by atoms with Gasteiger partial charge < -0.3 is 15.8 Å². The van der Waals surface area contributed by atoms with E-state index in [0.29, 0.717) is 12.0 Å². The molecule has 13 heavy (non-hydrogen) atoms. The van der Waals surface area contributed by atoms with Crippen molar-refractivity contribution in [2.75, 3.05) is 26.8 Å². The lowest BCUT2D eigenvalue weighted by Crippen LogP contribution is -2.38. The number of hydrogen-bond donors (Lipinski definition) is 2. The maximum atomic E-state index is 5.77. The van der Waals surface area contributed by atoms with E-state index in [0.717, 1.165) is 19.0 Å². The second kappa shape index (κ2) is 4.40. The number of methoxy groups -OCH3 is 1. The van der Waals surface area contributed by atoms with Gasteiger partial charge in [0.1, 0.15) is 0 Å². The Labute approximate surface area is 81.0 Å². The Morgan fingerprint density at radius 1 is 1.62 bits per heavy atom. The molecule has 0 spiro atoms. The molecule has 1 aliphatic rings. The summed E-state index contributed by atoms with van der Waals surface area (Å²) in [6.45, 7) is 7.23. The third-order valence-electron chi connectivity index (χ3n) is 2.90. The third kappa shape index (κ3) is 3.63. The Balaban J connectivity index is 1.96. The standard InChI is InChI=1S/C10H22N2O/c1-10(2)4-8(10)5-12-6-9(11)7-13-3/h8-9,12H,4-7,11H2,1-3H3. The van der Waals surface area contributed by atoms with Gasteiger partial charge in [0.15, 0.2) is 0 Å². The van der Waals surface area contributed by atoms with Crippen LogP contribution in [0.5, 0.6) is 0 Å². The lowest BCUT2D eigenvalue weighted by Gasteiger charge is -2.11. The molecule has 2 unspecified atom stereocenters. The SMILES string of the molecule is COCC(N)CNCC1CC1(C)C. The molecule has 1 fully saturated rings. The number of nitrogens with two attached hydrogens (primary N) is 1. The minimum absolute atomic E-state index is 0.131. The summed E-state index contributed by atoms with van der Waals surface area (Å²) in [5.74, 6) is 0.849. The molecule has 0 heterocycles. The van der Waals surface area contributed by atoms with Crippen LogP contribution in [0.2, 0.25) is 0 Å². The molecule has 1 saturated carbocycles. The van der Waals surface area contributed by atoms with E-state index in [9.17, 15) is 0 Å². The van der Waals surface area contributed by atoms with Crippen LogP contribution in [0.3, 0.4) is 0 Å². The maximum absolute atomic E-state index is 5.77. The van der Waals surface area contributed by atoms with Crippen LogP contribution >= 0.6 is 0 Å². The predicted octanol–water partition coefficient (Wildman–Crippen LogP) is 0.596. The first-order valence-electron chi connectivity index (χ1n) is 5.01. The minimum Gasteiger partial charge on any atom is -0.383 e. The van der Waals surface area contributed by atoms with Gasteiger partial charge in [0, 0.05) is 19.7 Å². The highest BCUT2D eigenvalue weighted by molar-refractivity contribution is 4.96. The van der Waals surface area contributed by atoms with Crippen molar-refractivity contribution in [3.8, 4) is 0 Å². The maximum Gasteiger partial charge on any atom is 0.0626 e. The third-order valence-corrected chi connectivity index (χ3v) is 2.90. The zero-order chi connectivity index (χ0) is 9.90. The number of rotatable bonds is 6. The summed E-state index contributed by atoms with van der Waals surface area (Å²) in [5.41, 5.74) is 6.34. The summed E-state index contributed by atoms with van der Waals surface area (Å²) in [7, 11) is 1.68. The summed E-state index contributed by atoms with van der Waals surface area (Å²) < 4.78 is 4.95. The Kier molecular flexibility index (Phi) is 3.71. The smallest absolute Gasteiger partial charge is 0.0626 e. The first kappa shape index (κ1) is 11.0. The molecule has 0 amide bonds. The molecular weight excluding hydrogens is 164 g/mol. The summed E-state index contributed by atoms with van der Waals surface area (Å²) >= 11 is 0. The Morgan fingerprint density at radius 3 is 2.69 bits per heavy atom. The van der Waals surface area contributed by atoms with Gasteiger partial charge in [0.05, 0.1) is 6.61 Å². The van der Waals surface area contributed by atoms with E-state index in [1.807, 2.05) is 0 Å². The van der Waals surface area contributed by atoms with Crippen molar-refractivity contribution in [1.82, 2.24) is 5.32 Å². The van der Waals surface area contributed by atoms with E-state index in [1.54, 1.807) is 7.11 Å². The molecule has 0 aromatic carbocycles. The summed E-state index contributed by atoms with van der Waals surface area (Å²) in [6.07, 6.45) is 1.35. The van der Waals surface area contributed by atoms with Crippen molar-refractivity contribution in [3.63, 3.8) is 0 Å². The van der Waals surface area contributed by atoms with Crippen molar-refractivity contribution in [1.29, 1.82) is 0 Å². The van der Waals surface area contributed by atoms with Gasteiger partial charge in [-0.1, -0.05) is 13.8 Å². The van der Waals surface area contributed by atoms with Gasteiger partial charge in [-0.25, -0.2) is 0 Å². The van der Waals surface area contributed by atoms with Gasteiger partial charge in [-0.05, 0) is 24.3 Å². The van der Waals surface area contributed by atoms with Crippen LogP contribution in [-0.2, 0) is 4.74 Å². The Morgan fingerprint density at radius 2 is 2.23 bits per heavy atom. The second-order valence-corrected chi connectivity index (χ2v) is 4.76. The molecule has 3 nitrogen and oxygen atoms in total. The number of hydrogen-bond acceptors (Lipinski definition) is 3. The topological polar surface area (TPSA) is 47.3 Å².